The molecule has 0 aliphatic carbocycles. The van der Waals surface area contributed by atoms with Gasteiger partial charge in [-0.1, -0.05) is 32.8 Å². The van der Waals surface area contributed by atoms with E-state index in [0.29, 0.717) is 12.7 Å². The van der Waals surface area contributed by atoms with E-state index in [1.165, 1.54) is 37.8 Å². The van der Waals surface area contributed by atoms with Gasteiger partial charge in [-0.05, 0) is 43.0 Å². The Labute approximate surface area is 121 Å². The molecule has 1 aromatic carbocycles. The van der Waals surface area contributed by atoms with Crippen LogP contribution in [-0.2, 0) is 0 Å². The van der Waals surface area contributed by atoms with Crippen LogP contribution in [0.3, 0.4) is 0 Å². The number of hydrogen-bond donors (Lipinski definition) is 0. The van der Waals surface area contributed by atoms with E-state index in [2.05, 4.69) is 36.9 Å². The van der Waals surface area contributed by atoms with Gasteiger partial charge in [0.2, 0.25) is 6.79 Å². The van der Waals surface area contributed by atoms with E-state index in [4.69, 9.17) is 9.47 Å². The van der Waals surface area contributed by atoms with Crippen molar-refractivity contribution in [3.63, 3.8) is 0 Å². The highest BCUT2D eigenvalue weighted by Gasteiger charge is 2.32. The lowest BCUT2D eigenvalue weighted by Crippen LogP contribution is -2.29. The molecule has 1 fully saturated rings. The second kappa shape index (κ2) is 6.04. The van der Waals surface area contributed by atoms with Crippen LogP contribution in [0.4, 0.5) is 0 Å². The normalized spacial score (nSPS) is 25.3. The van der Waals surface area contributed by atoms with Gasteiger partial charge >= 0.3 is 0 Å². The third-order valence-electron chi connectivity index (χ3n) is 4.69. The molecule has 1 saturated heterocycles. The number of nitrogens with zero attached hydrogens (tertiary/aromatic N) is 1. The summed E-state index contributed by atoms with van der Waals surface area (Å²) in [6.07, 6.45) is 5.26. The number of rotatable bonds is 5. The molecule has 2 heterocycles. The Balaban J connectivity index is 1.71. The van der Waals surface area contributed by atoms with Crippen molar-refractivity contribution in [1.82, 2.24) is 4.90 Å². The zero-order valence-corrected chi connectivity index (χ0v) is 12.6. The van der Waals surface area contributed by atoms with Crippen molar-refractivity contribution in [1.29, 1.82) is 0 Å². The van der Waals surface area contributed by atoms with Gasteiger partial charge in [-0.3, -0.25) is 0 Å². The first-order valence-electron chi connectivity index (χ1n) is 7.95. The molecule has 0 amide bonds. The first kappa shape index (κ1) is 13.7. The van der Waals surface area contributed by atoms with Gasteiger partial charge in [0.25, 0.3) is 0 Å². The van der Waals surface area contributed by atoms with Crippen molar-refractivity contribution in [3.8, 4) is 11.5 Å². The van der Waals surface area contributed by atoms with Crippen LogP contribution in [0.1, 0.15) is 51.0 Å². The summed E-state index contributed by atoms with van der Waals surface area (Å²) in [5.74, 6) is 2.45. The second-order valence-electron chi connectivity index (χ2n) is 5.93. The number of likely N-dealkylation sites (N-methyl/N-ethyl adjacent to an activating group) is 1. The van der Waals surface area contributed by atoms with Crippen LogP contribution in [-0.4, -0.2) is 30.8 Å². The largest absolute Gasteiger partial charge is 0.454 e. The van der Waals surface area contributed by atoms with E-state index >= 15 is 0 Å². The van der Waals surface area contributed by atoms with E-state index in [1.807, 2.05) is 0 Å². The molecule has 0 aromatic heterocycles. The highest BCUT2D eigenvalue weighted by atomic mass is 16.7. The molecule has 2 aliphatic rings. The molecule has 3 nitrogen and oxygen atoms in total. The van der Waals surface area contributed by atoms with E-state index in [9.17, 15) is 0 Å². The van der Waals surface area contributed by atoms with E-state index < -0.39 is 0 Å². The summed E-state index contributed by atoms with van der Waals surface area (Å²) in [6.45, 7) is 7.27. The lowest BCUT2D eigenvalue weighted by atomic mass is 9.94. The van der Waals surface area contributed by atoms with Gasteiger partial charge in [0.1, 0.15) is 0 Å². The van der Waals surface area contributed by atoms with Crippen molar-refractivity contribution in [2.24, 2.45) is 0 Å². The lowest BCUT2D eigenvalue weighted by Gasteiger charge is -2.22. The summed E-state index contributed by atoms with van der Waals surface area (Å²) >= 11 is 0. The Bertz CT molecular complexity index is 460. The number of hydrogen-bond acceptors (Lipinski definition) is 3. The number of benzene rings is 1. The van der Waals surface area contributed by atoms with Crippen LogP contribution in [0.15, 0.2) is 18.2 Å². The minimum Gasteiger partial charge on any atom is -0.454 e. The highest BCUT2D eigenvalue weighted by molar-refractivity contribution is 5.45. The van der Waals surface area contributed by atoms with Crippen molar-refractivity contribution in [3.05, 3.63) is 23.8 Å². The maximum absolute atomic E-state index is 5.51. The molecule has 0 N–H and O–H groups in total. The van der Waals surface area contributed by atoms with E-state index in [0.717, 1.165) is 24.1 Å². The molecule has 3 heteroatoms. The van der Waals surface area contributed by atoms with Gasteiger partial charge < -0.3 is 14.4 Å². The Kier molecular flexibility index (Phi) is 4.16. The van der Waals surface area contributed by atoms with Crippen molar-refractivity contribution in [2.45, 2.75) is 51.5 Å². The van der Waals surface area contributed by atoms with E-state index in [-0.39, 0.29) is 0 Å². The zero-order chi connectivity index (χ0) is 13.9. The molecular weight excluding hydrogens is 250 g/mol. The summed E-state index contributed by atoms with van der Waals surface area (Å²) in [6, 6.07) is 7.22. The third-order valence-corrected chi connectivity index (χ3v) is 4.69. The molecule has 0 bridgehead atoms. The predicted octanol–water partition coefficient (Wildman–Crippen LogP) is 3.78. The monoisotopic (exact) mass is 275 g/mol. The smallest absolute Gasteiger partial charge is 0.231 e. The lowest BCUT2D eigenvalue weighted by molar-refractivity contribution is 0.174. The number of ether oxygens (including phenoxy) is 2. The molecule has 0 spiro atoms. The standard InChI is InChI=1S/C17H25NO2/c1-3-5-6-15-9-14(11-18(15)4-2)13-7-8-16-17(10-13)20-12-19-16/h7-8,10,14-15H,3-6,9,11-12H2,1-2H3. The minimum atomic E-state index is 0.365. The van der Waals surface area contributed by atoms with Crippen LogP contribution in [0.25, 0.3) is 0 Å². The summed E-state index contributed by atoms with van der Waals surface area (Å²) < 4.78 is 10.9. The van der Waals surface area contributed by atoms with E-state index in [1.54, 1.807) is 0 Å². The molecule has 1 aromatic rings. The maximum Gasteiger partial charge on any atom is 0.231 e. The van der Waals surface area contributed by atoms with Crippen LogP contribution in [0, 0.1) is 0 Å². The average Bonchev–Trinajstić information content (AvgIpc) is 3.10. The van der Waals surface area contributed by atoms with Gasteiger partial charge in [-0.2, -0.15) is 0 Å². The molecule has 110 valence electrons. The fourth-order valence-corrected chi connectivity index (χ4v) is 3.52. The molecule has 2 atom stereocenters. The molecule has 2 aliphatic heterocycles. The molecule has 0 radical (unpaired) electrons. The van der Waals surface area contributed by atoms with Crippen molar-refractivity contribution >= 4 is 0 Å². The number of fused-ring (bicyclic) bond motifs is 1. The highest BCUT2D eigenvalue weighted by Crippen LogP contribution is 2.39. The zero-order valence-electron chi connectivity index (χ0n) is 12.6. The van der Waals surface area contributed by atoms with Gasteiger partial charge in [0.15, 0.2) is 11.5 Å². The Morgan fingerprint density at radius 3 is 2.85 bits per heavy atom. The average molecular weight is 275 g/mol. The SMILES string of the molecule is CCCCC1CC(c2ccc3c(c2)OCO3)CN1CC. The first-order chi connectivity index (χ1) is 9.81. The second-order valence-corrected chi connectivity index (χ2v) is 5.93. The minimum absolute atomic E-state index is 0.365. The molecular formula is C17H25NO2. The summed E-state index contributed by atoms with van der Waals surface area (Å²) in [5.41, 5.74) is 1.41. The Morgan fingerprint density at radius 1 is 1.20 bits per heavy atom. The molecule has 3 rings (SSSR count). The van der Waals surface area contributed by atoms with Crippen LogP contribution in [0.5, 0.6) is 11.5 Å². The van der Waals surface area contributed by atoms with Crippen LogP contribution >= 0.6 is 0 Å². The van der Waals surface area contributed by atoms with Crippen LogP contribution < -0.4 is 9.47 Å². The quantitative estimate of drug-likeness (QED) is 0.816. The topological polar surface area (TPSA) is 21.7 Å². The molecule has 0 saturated carbocycles. The van der Waals surface area contributed by atoms with Gasteiger partial charge in [-0.25, -0.2) is 0 Å². The van der Waals surface area contributed by atoms with Crippen molar-refractivity contribution < 1.29 is 9.47 Å². The Hall–Kier alpha value is -1.22. The third kappa shape index (κ3) is 2.64. The summed E-state index contributed by atoms with van der Waals surface area (Å²) in [5, 5.41) is 0. The fourth-order valence-electron chi connectivity index (χ4n) is 3.52. The Morgan fingerprint density at radius 2 is 2.05 bits per heavy atom. The van der Waals surface area contributed by atoms with Crippen molar-refractivity contribution in [2.75, 3.05) is 19.9 Å². The van der Waals surface area contributed by atoms with Crippen LogP contribution in [0.2, 0.25) is 0 Å². The summed E-state index contributed by atoms with van der Waals surface area (Å²) in [4.78, 5) is 2.64. The first-order valence-corrected chi connectivity index (χ1v) is 7.95. The molecule has 20 heavy (non-hydrogen) atoms. The van der Waals surface area contributed by atoms with Gasteiger partial charge in [0, 0.05) is 12.6 Å². The number of likely N-dealkylation sites (tertiary alicyclic amines) is 1. The molecule has 2 unspecified atom stereocenters. The summed E-state index contributed by atoms with van der Waals surface area (Å²) in [7, 11) is 0. The number of unbranched alkanes of at least 4 members (excludes halogenated alkanes) is 1. The van der Waals surface area contributed by atoms with Gasteiger partial charge in [-0.15, -0.1) is 0 Å². The fraction of sp³-hybridized carbons (Fsp3) is 0.647. The predicted molar refractivity (Wildman–Crippen MR) is 80.5 cm³/mol. The maximum atomic E-state index is 5.51. The van der Waals surface area contributed by atoms with Gasteiger partial charge in [0.05, 0.1) is 0 Å².